The number of carbonyl (C=O) groups is 1. The number of nitrogens with zero attached hydrogens (tertiary/aromatic N) is 2. The molecule has 0 atom stereocenters. The summed E-state index contributed by atoms with van der Waals surface area (Å²) in [6.45, 7) is 1.65. The van der Waals surface area contributed by atoms with Crippen LogP contribution >= 0.6 is 0 Å². The summed E-state index contributed by atoms with van der Waals surface area (Å²) in [6.07, 6.45) is 2.59. The molecule has 2 rings (SSSR count). The fraction of sp³-hybridized carbons (Fsp3) is 0.429. The molecule has 2 heterocycles. The van der Waals surface area contributed by atoms with Crippen LogP contribution in [0.25, 0.3) is 0 Å². The van der Waals surface area contributed by atoms with E-state index in [-0.39, 0.29) is 5.91 Å². The molecule has 0 aliphatic carbocycles. The standard InChI is InChI=1S/C7H10N4O/c12-7(6-2-4-8-10-6)11-5-1-3-9-11/h2,4,9H,1,3,5H2,(H,8,10). The number of hydrogen-bond donors (Lipinski definition) is 2. The van der Waals surface area contributed by atoms with E-state index in [0.717, 1.165) is 19.5 Å². The molecule has 0 aromatic carbocycles. The van der Waals surface area contributed by atoms with Gasteiger partial charge in [-0.15, -0.1) is 0 Å². The number of hydrogen-bond acceptors (Lipinski definition) is 3. The van der Waals surface area contributed by atoms with Gasteiger partial charge >= 0.3 is 0 Å². The molecule has 1 fully saturated rings. The first kappa shape index (κ1) is 7.30. The first-order valence-corrected chi connectivity index (χ1v) is 3.92. The van der Waals surface area contributed by atoms with Crippen molar-refractivity contribution in [2.45, 2.75) is 6.42 Å². The predicted molar refractivity (Wildman–Crippen MR) is 42.2 cm³/mol. The molecule has 64 valence electrons. The van der Waals surface area contributed by atoms with Crippen LogP contribution in [-0.2, 0) is 0 Å². The van der Waals surface area contributed by atoms with Crippen LogP contribution in [0.2, 0.25) is 0 Å². The zero-order valence-corrected chi connectivity index (χ0v) is 6.58. The topological polar surface area (TPSA) is 61.0 Å². The molecule has 0 unspecified atom stereocenters. The highest BCUT2D eigenvalue weighted by atomic mass is 16.2. The maximum absolute atomic E-state index is 11.5. The van der Waals surface area contributed by atoms with Gasteiger partial charge in [0.1, 0.15) is 5.69 Å². The van der Waals surface area contributed by atoms with Gasteiger partial charge in [-0.05, 0) is 12.5 Å². The van der Waals surface area contributed by atoms with Crippen molar-refractivity contribution in [1.82, 2.24) is 20.6 Å². The smallest absolute Gasteiger partial charge is 0.273 e. The van der Waals surface area contributed by atoms with Crippen LogP contribution < -0.4 is 5.43 Å². The molecule has 1 aliphatic rings. The number of amides is 1. The summed E-state index contributed by atoms with van der Waals surface area (Å²) in [5.41, 5.74) is 3.51. The normalized spacial score (nSPS) is 16.8. The molecule has 12 heavy (non-hydrogen) atoms. The van der Waals surface area contributed by atoms with Crippen LogP contribution in [0.3, 0.4) is 0 Å². The van der Waals surface area contributed by atoms with Crippen LogP contribution in [0.1, 0.15) is 16.9 Å². The van der Waals surface area contributed by atoms with E-state index in [2.05, 4.69) is 15.6 Å². The average Bonchev–Trinajstić information content (AvgIpc) is 2.77. The van der Waals surface area contributed by atoms with E-state index in [9.17, 15) is 4.79 Å². The molecular weight excluding hydrogens is 156 g/mol. The Balaban J connectivity index is 2.09. The van der Waals surface area contributed by atoms with Gasteiger partial charge < -0.3 is 0 Å². The highest BCUT2D eigenvalue weighted by molar-refractivity contribution is 5.91. The zero-order valence-electron chi connectivity index (χ0n) is 6.58. The van der Waals surface area contributed by atoms with Gasteiger partial charge in [-0.3, -0.25) is 14.9 Å². The molecular formula is C7H10N4O. The maximum atomic E-state index is 11.5. The van der Waals surface area contributed by atoms with Crippen LogP contribution in [-0.4, -0.2) is 34.2 Å². The number of hydrazine groups is 1. The van der Waals surface area contributed by atoms with E-state index >= 15 is 0 Å². The molecule has 5 nitrogen and oxygen atoms in total. The summed E-state index contributed by atoms with van der Waals surface area (Å²) in [7, 11) is 0. The van der Waals surface area contributed by atoms with E-state index in [4.69, 9.17) is 0 Å². The molecule has 5 heteroatoms. The molecule has 1 saturated heterocycles. The summed E-state index contributed by atoms with van der Waals surface area (Å²) in [4.78, 5) is 11.5. The van der Waals surface area contributed by atoms with E-state index in [0.29, 0.717) is 5.69 Å². The van der Waals surface area contributed by atoms with Gasteiger partial charge in [0.2, 0.25) is 0 Å². The fourth-order valence-electron chi connectivity index (χ4n) is 1.22. The fourth-order valence-corrected chi connectivity index (χ4v) is 1.22. The largest absolute Gasteiger partial charge is 0.285 e. The number of aromatic amines is 1. The van der Waals surface area contributed by atoms with Crippen molar-refractivity contribution in [3.8, 4) is 0 Å². The van der Waals surface area contributed by atoms with E-state index in [1.807, 2.05) is 0 Å². The lowest BCUT2D eigenvalue weighted by atomic mass is 10.4. The van der Waals surface area contributed by atoms with Crippen LogP contribution in [0, 0.1) is 0 Å². The van der Waals surface area contributed by atoms with Crippen molar-refractivity contribution in [1.29, 1.82) is 0 Å². The Labute approximate surface area is 69.7 Å². The minimum absolute atomic E-state index is 0.0370. The lowest BCUT2D eigenvalue weighted by Crippen LogP contribution is -2.37. The summed E-state index contributed by atoms with van der Waals surface area (Å²) >= 11 is 0. The van der Waals surface area contributed by atoms with Gasteiger partial charge in [0, 0.05) is 19.3 Å². The molecule has 0 bridgehead atoms. The predicted octanol–water partition coefficient (Wildman–Crippen LogP) is -0.240. The monoisotopic (exact) mass is 166 g/mol. The molecule has 0 saturated carbocycles. The van der Waals surface area contributed by atoms with Crippen molar-refractivity contribution < 1.29 is 4.79 Å². The molecule has 1 amide bonds. The Kier molecular flexibility index (Phi) is 1.79. The molecule has 0 radical (unpaired) electrons. The molecule has 1 aromatic rings. The summed E-state index contributed by atoms with van der Waals surface area (Å²) < 4.78 is 0. The number of aromatic nitrogens is 2. The van der Waals surface area contributed by atoms with Crippen LogP contribution in [0.5, 0.6) is 0 Å². The van der Waals surface area contributed by atoms with E-state index < -0.39 is 0 Å². The van der Waals surface area contributed by atoms with Crippen molar-refractivity contribution in [2.24, 2.45) is 0 Å². The van der Waals surface area contributed by atoms with E-state index in [1.54, 1.807) is 17.3 Å². The van der Waals surface area contributed by atoms with Crippen molar-refractivity contribution in [2.75, 3.05) is 13.1 Å². The Morgan fingerprint density at radius 3 is 3.17 bits per heavy atom. The third-order valence-corrected chi connectivity index (χ3v) is 1.84. The molecule has 1 aliphatic heterocycles. The van der Waals surface area contributed by atoms with Crippen LogP contribution in [0.4, 0.5) is 0 Å². The Hall–Kier alpha value is -1.36. The van der Waals surface area contributed by atoms with E-state index in [1.165, 1.54) is 0 Å². The first-order valence-electron chi connectivity index (χ1n) is 3.92. The molecule has 1 aromatic heterocycles. The van der Waals surface area contributed by atoms with Gasteiger partial charge in [-0.25, -0.2) is 5.43 Å². The molecule has 0 spiro atoms. The SMILES string of the molecule is O=C(c1ccn[nH]1)N1CCCN1. The Morgan fingerprint density at radius 2 is 2.58 bits per heavy atom. The van der Waals surface area contributed by atoms with Gasteiger partial charge in [-0.1, -0.05) is 0 Å². The lowest BCUT2D eigenvalue weighted by Gasteiger charge is -2.13. The van der Waals surface area contributed by atoms with Gasteiger partial charge in [-0.2, -0.15) is 5.10 Å². The number of rotatable bonds is 1. The number of H-pyrrole nitrogens is 1. The molecule has 2 N–H and O–H groups in total. The quantitative estimate of drug-likeness (QED) is 0.605. The third kappa shape index (κ3) is 1.18. The van der Waals surface area contributed by atoms with Gasteiger partial charge in [0.25, 0.3) is 5.91 Å². The Morgan fingerprint density at radius 1 is 1.67 bits per heavy atom. The van der Waals surface area contributed by atoms with Crippen molar-refractivity contribution in [3.63, 3.8) is 0 Å². The minimum Gasteiger partial charge on any atom is -0.273 e. The second-order valence-electron chi connectivity index (χ2n) is 2.69. The Bertz CT molecular complexity index is 263. The van der Waals surface area contributed by atoms with Crippen molar-refractivity contribution in [3.05, 3.63) is 18.0 Å². The average molecular weight is 166 g/mol. The minimum atomic E-state index is -0.0370. The number of nitrogens with one attached hydrogen (secondary N) is 2. The zero-order chi connectivity index (χ0) is 8.39. The first-order chi connectivity index (χ1) is 5.88. The summed E-state index contributed by atoms with van der Waals surface area (Å²) in [6, 6.07) is 1.67. The van der Waals surface area contributed by atoms with Crippen molar-refractivity contribution >= 4 is 5.91 Å². The van der Waals surface area contributed by atoms with Gasteiger partial charge in [0.05, 0.1) is 0 Å². The third-order valence-electron chi connectivity index (χ3n) is 1.84. The number of carbonyl (C=O) groups excluding carboxylic acids is 1. The maximum Gasteiger partial charge on any atom is 0.285 e. The summed E-state index contributed by atoms with van der Waals surface area (Å²) in [5.74, 6) is -0.0370. The second-order valence-corrected chi connectivity index (χ2v) is 2.69. The second kappa shape index (κ2) is 2.94. The van der Waals surface area contributed by atoms with Gasteiger partial charge in [0.15, 0.2) is 0 Å². The highest BCUT2D eigenvalue weighted by Crippen LogP contribution is 2.02. The lowest BCUT2D eigenvalue weighted by molar-refractivity contribution is 0.0720. The highest BCUT2D eigenvalue weighted by Gasteiger charge is 2.19. The van der Waals surface area contributed by atoms with Crippen LogP contribution in [0.15, 0.2) is 12.3 Å². The summed E-state index contributed by atoms with van der Waals surface area (Å²) in [5, 5.41) is 7.95.